The van der Waals surface area contributed by atoms with Crippen molar-refractivity contribution < 1.29 is 19.1 Å². The fraction of sp³-hybridized carbons (Fsp3) is 0.714. The van der Waals surface area contributed by atoms with Crippen molar-refractivity contribution in [1.82, 2.24) is 0 Å². The molecule has 0 saturated heterocycles. The molecular formula is C28H46O4. The van der Waals surface area contributed by atoms with E-state index in [0.29, 0.717) is 11.1 Å². The molecule has 1 aromatic rings. The second-order valence-corrected chi connectivity index (χ2v) is 11.0. The van der Waals surface area contributed by atoms with Crippen molar-refractivity contribution in [3.63, 3.8) is 0 Å². The first kappa shape index (κ1) is 28.2. The number of aryl methyl sites for hydroxylation is 1. The highest BCUT2D eigenvalue weighted by Gasteiger charge is 2.32. The van der Waals surface area contributed by atoms with Crippen LogP contribution in [0.4, 0.5) is 0 Å². The average Bonchev–Trinajstić information content (AvgIpc) is 2.71. The molecular weight excluding hydrogens is 400 g/mol. The van der Waals surface area contributed by atoms with Crippen LogP contribution in [0.2, 0.25) is 0 Å². The number of rotatable bonds is 11. The van der Waals surface area contributed by atoms with Crippen LogP contribution in [0.3, 0.4) is 0 Å². The van der Waals surface area contributed by atoms with E-state index >= 15 is 0 Å². The maximum absolute atomic E-state index is 13.3. The van der Waals surface area contributed by atoms with Gasteiger partial charge in [0.15, 0.2) is 0 Å². The van der Waals surface area contributed by atoms with E-state index in [1.807, 2.05) is 13.0 Å². The molecule has 0 spiro atoms. The Bertz CT molecular complexity index is 737. The van der Waals surface area contributed by atoms with Crippen LogP contribution in [0.25, 0.3) is 0 Å². The van der Waals surface area contributed by atoms with E-state index in [9.17, 15) is 9.59 Å². The summed E-state index contributed by atoms with van der Waals surface area (Å²) in [5, 5.41) is 0. The van der Waals surface area contributed by atoms with Gasteiger partial charge in [-0.3, -0.25) is 0 Å². The highest BCUT2D eigenvalue weighted by Crippen LogP contribution is 2.30. The third-order valence-corrected chi connectivity index (χ3v) is 6.00. The van der Waals surface area contributed by atoms with Crippen molar-refractivity contribution in [2.75, 3.05) is 0 Å². The Balaban J connectivity index is 3.24. The third kappa shape index (κ3) is 8.60. The van der Waals surface area contributed by atoms with E-state index < -0.39 is 11.9 Å². The highest BCUT2D eigenvalue weighted by molar-refractivity contribution is 6.03. The van der Waals surface area contributed by atoms with Crippen molar-refractivity contribution in [1.29, 1.82) is 0 Å². The van der Waals surface area contributed by atoms with Gasteiger partial charge in [0.1, 0.15) is 12.2 Å². The summed E-state index contributed by atoms with van der Waals surface area (Å²) >= 11 is 0. The zero-order valence-corrected chi connectivity index (χ0v) is 22.0. The van der Waals surface area contributed by atoms with Gasteiger partial charge in [-0.05, 0) is 47.8 Å². The molecule has 0 N–H and O–H groups in total. The lowest BCUT2D eigenvalue weighted by molar-refractivity contribution is -0.0106. The lowest BCUT2D eigenvalue weighted by atomic mass is 9.85. The maximum atomic E-state index is 13.3. The molecule has 1 aromatic carbocycles. The first-order chi connectivity index (χ1) is 14.8. The minimum Gasteiger partial charge on any atom is -0.458 e. The first-order valence-electron chi connectivity index (χ1n) is 12.4. The summed E-state index contributed by atoms with van der Waals surface area (Å²) in [4.78, 5) is 26.5. The Hall–Kier alpha value is -1.84. The Morgan fingerprint density at radius 3 is 1.56 bits per heavy atom. The van der Waals surface area contributed by atoms with Gasteiger partial charge < -0.3 is 9.47 Å². The monoisotopic (exact) mass is 446 g/mol. The van der Waals surface area contributed by atoms with Gasteiger partial charge in [-0.25, -0.2) is 9.59 Å². The highest BCUT2D eigenvalue weighted by atomic mass is 16.6. The normalized spacial score (nSPS) is 14.0. The summed E-state index contributed by atoms with van der Waals surface area (Å²) in [6, 6.07) is 5.40. The van der Waals surface area contributed by atoms with E-state index in [0.717, 1.165) is 50.5 Å². The number of carbonyl (C=O) groups is 2. The number of carbonyl (C=O) groups excluding carboxylic acids is 2. The Kier molecular flexibility index (Phi) is 10.9. The Labute approximate surface area is 196 Å². The predicted molar refractivity (Wildman–Crippen MR) is 132 cm³/mol. The van der Waals surface area contributed by atoms with Crippen molar-refractivity contribution in [2.24, 2.45) is 10.8 Å². The number of ether oxygens (including phenoxy) is 2. The minimum absolute atomic E-state index is 0.174. The number of esters is 2. The Morgan fingerprint density at radius 1 is 0.750 bits per heavy atom. The van der Waals surface area contributed by atoms with E-state index in [1.54, 1.807) is 12.1 Å². The molecule has 0 amide bonds. The van der Waals surface area contributed by atoms with Gasteiger partial charge in [-0.15, -0.1) is 0 Å². The molecule has 0 aliphatic carbocycles. The summed E-state index contributed by atoms with van der Waals surface area (Å²) in [7, 11) is 0. The van der Waals surface area contributed by atoms with Gasteiger partial charge >= 0.3 is 11.9 Å². The molecule has 0 fully saturated rings. The lowest BCUT2D eigenvalue weighted by Gasteiger charge is -2.31. The van der Waals surface area contributed by atoms with Crippen molar-refractivity contribution in [2.45, 2.75) is 119 Å². The van der Waals surface area contributed by atoms with Crippen molar-refractivity contribution >= 4 is 11.9 Å². The summed E-state index contributed by atoms with van der Waals surface area (Å²) in [6.45, 7) is 18.8. The molecule has 182 valence electrons. The number of unbranched alkanes of at least 4 members (excludes halogenated alkanes) is 2. The molecule has 0 aliphatic rings. The second kappa shape index (κ2) is 12.4. The number of hydrogen-bond donors (Lipinski definition) is 0. The van der Waals surface area contributed by atoms with Gasteiger partial charge in [-0.1, -0.05) is 94.1 Å². The molecule has 32 heavy (non-hydrogen) atoms. The van der Waals surface area contributed by atoms with Crippen LogP contribution in [-0.4, -0.2) is 24.1 Å². The van der Waals surface area contributed by atoms with Gasteiger partial charge in [0.25, 0.3) is 0 Å². The molecule has 2 unspecified atom stereocenters. The van der Waals surface area contributed by atoms with E-state index in [-0.39, 0.29) is 23.0 Å². The van der Waals surface area contributed by atoms with Crippen LogP contribution in [0.1, 0.15) is 127 Å². The average molecular weight is 447 g/mol. The fourth-order valence-corrected chi connectivity index (χ4v) is 3.66. The van der Waals surface area contributed by atoms with E-state index in [1.165, 1.54) is 0 Å². The molecule has 0 bridgehead atoms. The lowest BCUT2D eigenvalue weighted by Crippen LogP contribution is -2.33. The predicted octanol–water partition coefficient (Wildman–Crippen LogP) is 7.77. The van der Waals surface area contributed by atoms with Crippen LogP contribution >= 0.6 is 0 Å². The molecule has 0 saturated carbocycles. The SMILES string of the molecule is CCCCC(OC(=O)c1ccc(CC)cc1C(=O)OC(CCCC)C(C)(C)C)C(C)(C)C. The third-order valence-electron chi connectivity index (χ3n) is 6.00. The van der Waals surface area contributed by atoms with Crippen LogP contribution < -0.4 is 0 Å². The molecule has 0 radical (unpaired) electrons. The van der Waals surface area contributed by atoms with Gasteiger partial charge in [0, 0.05) is 0 Å². The van der Waals surface area contributed by atoms with Gasteiger partial charge in [0.05, 0.1) is 11.1 Å². The fourth-order valence-electron chi connectivity index (χ4n) is 3.66. The molecule has 2 atom stereocenters. The zero-order valence-electron chi connectivity index (χ0n) is 22.0. The molecule has 0 aliphatic heterocycles. The topological polar surface area (TPSA) is 52.6 Å². The van der Waals surface area contributed by atoms with Crippen molar-refractivity contribution in [3.8, 4) is 0 Å². The van der Waals surface area contributed by atoms with E-state index in [2.05, 4.69) is 55.4 Å². The van der Waals surface area contributed by atoms with Crippen LogP contribution in [-0.2, 0) is 15.9 Å². The number of hydrogen-bond acceptors (Lipinski definition) is 4. The summed E-state index contributed by atoms with van der Waals surface area (Å²) in [5.74, 6) is -0.888. The molecule has 4 heteroatoms. The molecule has 4 nitrogen and oxygen atoms in total. The molecule has 1 rings (SSSR count). The van der Waals surface area contributed by atoms with Crippen molar-refractivity contribution in [3.05, 3.63) is 34.9 Å². The largest absolute Gasteiger partial charge is 0.458 e. The van der Waals surface area contributed by atoms with E-state index in [4.69, 9.17) is 9.47 Å². The standard InChI is InChI=1S/C28H46O4/c1-10-13-15-23(27(4,5)6)31-25(29)21-18-17-20(12-3)19-22(21)26(30)32-24(16-14-11-2)28(7,8)9/h17-19,23-24H,10-16H2,1-9H3. The summed E-state index contributed by atoms with van der Waals surface area (Å²) < 4.78 is 11.9. The molecule has 0 heterocycles. The minimum atomic E-state index is -0.448. The Morgan fingerprint density at radius 2 is 1.19 bits per heavy atom. The van der Waals surface area contributed by atoms with Crippen LogP contribution in [0.5, 0.6) is 0 Å². The number of benzene rings is 1. The van der Waals surface area contributed by atoms with Crippen LogP contribution in [0, 0.1) is 10.8 Å². The van der Waals surface area contributed by atoms with Crippen LogP contribution in [0.15, 0.2) is 18.2 Å². The summed E-state index contributed by atoms with van der Waals surface area (Å²) in [6.07, 6.45) is 6.03. The summed E-state index contributed by atoms with van der Waals surface area (Å²) in [5.41, 5.74) is 1.25. The second-order valence-electron chi connectivity index (χ2n) is 11.0. The van der Waals surface area contributed by atoms with Gasteiger partial charge in [0.2, 0.25) is 0 Å². The smallest absolute Gasteiger partial charge is 0.339 e. The first-order valence-corrected chi connectivity index (χ1v) is 12.4. The maximum Gasteiger partial charge on any atom is 0.339 e. The molecule has 0 aromatic heterocycles. The quantitative estimate of drug-likeness (QED) is 0.326. The zero-order chi connectivity index (χ0) is 24.5. The van der Waals surface area contributed by atoms with Gasteiger partial charge in [-0.2, -0.15) is 0 Å².